The summed E-state index contributed by atoms with van der Waals surface area (Å²) >= 11 is 1.57. The first-order chi connectivity index (χ1) is 9.75. The molecule has 1 aromatic heterocycles. The number of nitrogens with zero attached hydrogens (tertiary/aromatic N) is 1. The fourth-order valence-corrected chi connectivity index (χ4v) is 3.97. The van der Waals surface area contributed by atoms with Gasteiger partial charge >= 0.3 is 0 Å². The van der Waals surface area contributed by atoms with Crippen LogP contribution in [-0.2, 0) is 5.75 Å². The van der Waals surface area contributed by atoms with Gasteiger partial charge in [-0.3, -0.25) is 0 Å². The van der Waals surface area contributed by atoms with Crippen molar-refractivity contribution in [2.24, 2.45) is 0 Å². The Bertz CT molecular complexity index is 848. The van der Waals surface area contributed by atoms with Gasteiger partial charge in [0, 0.05) is 16.7 Å². The number of benzene rings is 2. The lowest BCUT2D eigenvalue weighted by molar-refractivity contribution is 0.602. The Hall–Kier alpha value is -1.58. The summed E-state index contributed by atoms with van der Waals surface area (Å²) in [7, 11) is 0. The van der Waals surface area contributed by atoms with E-state index >= 15 is 0 Å². The van der Waals surface area contributed by atoms with Crippen molar-refractivity contribution in [3.63, 3.8) is 0 Å². The van der Waals surface area contributed by atoms with Gasteiger partial charge in [0.2, 0.25) is 0 Å². The van der Waals surface area contributed by atoms with E-state index in [0.29, 0.717) is 0 Å². The first kappa shape index (κ1) is 14.4. The van der Waals surface area contributed by atoms with Crippen molar-refractivity contribution < 1.29 is 4.39 Å². The van der Waals surface area contributed by atoms with Crippen molar-refractivity contribution in [2.75, 3.05) is 0 Å². The fraction of sp³-hybridized carbons (Fsp3) is 0.118. The highest BCUT2D eigenvalue weighted by Gasteiger charge is 2.23. The standard InChI is InChI=1S/C17H12FNS.ClH/c1-10-11-5-2-3-8-15(11)19-16-12-6-4-7-14(18)17(12)20-9-13(10)16;/h2-8H,9H2,1H3;1H. The monoisotopic (exact) mass is 317 g/mol. The van der Waals surface area contributed by atoms with Crippen molar-refractivity contribution in [1.82, 2.24) is 4.98 Å². The third kappa shape index (κ3) is 2.12. The van der Waals surface area contributed by atoms with Gasteiger partial charge in [0.15, 0.2) is 0 Å². The minimum Gasteiger partial charge on any atom is -0.247 e. The van der Waals surface area contributed by atoms with Crippen LogP contribution in [0, 0.1) is 12.7 Å². The molecule has 0 atom stereocenters. The van der Waals surface area contributed by atoms with E-state index in [-0.39, 0.29) is 18.2 Å². The van der Waals surface area contributed by atoms with Crippen LogP contribution >= 0.6 is 24.2 Å². The first-order valence-corrected chi connectivity index (χ1v) is 7.54. The average molecular weight is 318 g/mol. The number of hydrogen-bond acceptors (Lipinski definition) is 2. The van der Waals surface area contributed by atoms with E-state index in [9.17, 15) is 4.39 Å². The van der Waals surface area contributed by atoms with Crippen LogP contribution in [0.3, 0.4) is 0 Å². The summed E-state index contributed by atoms with van der Waals surface area (Å²) in [6.07, 6.45) is 0. The summed E-state index contributed by atoms with van der Waals surface area (Å²) in [5.41, 5.74) is 5.32. The Morgan fingerprint density at radius 3 is 2.76 bits per heavy atom. The number of rotatable bonds is 0. The van der Waals surface area contributed by atoms with Gasteiger partial charge in [-0.25, -0.2) is 9.37 Å². The molecule has 3 aromatic rings. The highest BCUT2D eigenvalue weighted by molar-refractivity contribution is 7.98. The molecule has 4 rings (SSSR count). The van der Waals surface area contributed by atoms with Gasteiger partial charge in [-0.05, 0) is 30.2 Å². The lowest BCUT2D eigenvalue weighted by atomic mass is 9.98. The van der Waals surface area contributed by atoms with E-state index < -0.39 is 0 Å². The predicted molar refractivity (Wildman–Crippen MR) is 88.7 cm³/mol. The lowest BCUT2D eigenvalue weighted by Crippen LogP contribution is -2.04. The molecule has 0 fully saturated rings. The quantitative estimate of drug-likeness (QED) is 0.552. The van der Waals surface area contributed by atoms with E-state index in [1.165, 1.54) is 22.6 Å². The summed E-state index contributed by atoms with van der Waals surface area (Å²) in [4.78, 5) is 5.50. The van der Waals surface area contributed by atoms with Crippen LogP contribution < -0.4 is 0 Å². The molecule has 1 aliphatic heterocycles. The van der Waals surface area contributed by atoms with E-state index in [2.05, 4.69) is 13.0 Å². The first-order valence-electron chi connectivity index (χ1n) is 6.55. The molecule has 106 valence electrons. The second-order valence-corrected chi connectivity index (χ2v) is 5.97. The molecule has 2 aromatic carbocycles. The molecule has 0 spiro atoms. The number of fused-ring (bicyclic) bond motifs is 4. The molecule has 0 N–H and O–H groups in total. The molecule has 0 unspecified atom stereocenters. The summed E-state index contributed by atoms with van der Waals surface area (Å²) in [6.45, 7) is 2.13. The number of hydrogen-bond donors (Lipinski definition) is 0. The second-order valence-electron chi connectivity index (χ2n) is 4.99. The number of halogens is 2. The van der Waals surface area contributed by atoms with E-state index in [0.717, 1.165) is 27.4 Å². The molecular formula is C17H13ClFNS. The topological polar surface area (TPSA) is 12.9 Å². The zero-order valence-corrected chi connectivity index (χ0v) is 13.0. The minimum absolute atomic E-state index is 0. The Morgan fingerprint density at radius 1 is 1.10 bits per heavy atom. The molecule has 1 nitrogen and oxygen atoms in total. The van der Waals surface area contributed by atoms with Gasteiger partial charge in [-0.15, -0.1) is 24.2 Å². The van der Waals surface area contributed by atoms with Gasteiger partial charge in [-0.1, -0.05) is 30.3 Å². The van der Waals surface area contributed by atoms with Crippen LogP contribution in [0.25, 0.3) is 22.2 Å². The maximum atomic E-state index is 13.9. The van der Waals surface area contributed by atoms with E-state index in [1.807, 2.05) is 24.3 Å². The molecule has 0 saturated heterocycles. The molecule has 21 heavy (non-hydrogen) atoms. The smallest absolute Gasteiger partial charge is 0.137 e. The van der Waals surface area contributed by atoms with Gasteiger partial charge in [0.05, 0.1) is 16.1 Å². The fourth-order valence-electron chi connectivity index (χ4n) is 2.80. The van der Waals surface area contributed by atoms with Gasteiger partial charge < -0.3 is 0 Å². The van der Waals surface area contributed by atoms with Crippen LogP contribution in [0.1, 0.15) is 11.1 Å². The van der Waals surface area contributed by atoms with Crippen molar-refractivity contribution >= 4 is 35.1 Å². The third-order valence-electron chi connectivity index (χ3n) is 3.86. The Morgan fingerprint density at radius 2 is 1.90 bits per heavy atom. The maximum Gasteiger partial charge on any atom is 0.137 e. The molecule has 0 aliphatic carbocycles. The van der Waals surface area contributed by atoms with Crippen LogP contribution in [0.5, 0.6) is 0 Å². The molecular weight excluding hydrogens is 305 g/mol. The average Bonchev–Trinajstić information content (AvgIpc) is 2.48. The maximum absolute atomic E-state index is 13.9. The summed E-state index contributed by atoms with van der Waals surface area (Å²) in [6, 6.07) is 13.4. The van der Waals surface area contributed by atoms with Crippen molar-refractivity contribution in [2.45, 2.75) is 17.6 Å². The molecule has 0 amide bonds. The number of aromatic nitrogens is 1. The van der Waals surface area contributed by atoms with Crippen molar-refractivity contribution in [3.8, 4) is 11.3 Å². The number of pyridine rings is 1. The van der Waals surface area contributed by atoms with Gasteiger partial charge in [0.1, 0.15) is 5.82 Å². The minimum atomic E-state index is -0.147. The van der Waals surface area contributed by atoms with Crippen molar-refractivity contribution in [1.29, 1.82) is 0 Å². The third-order valence-corrected chi connectivity index (χ3v) is 5.00. The van der Waals surface area contributed by atoms with E-state index in [1.54, 1.807) is 17.8 Å². The zero-order chi connectivity index (χ0) is 13.7. The largest absolute Gasteiger partial charge is 0.247 e. The van der Waals surface area contributed by atoms with Crippen LogP contribution in [0.2, 0.25) is 0 Å². The summed E-state index contributed by atoms with van der Waals surface area (Å²) in [5.74, 6) is 0.637. The highest BCUT2D eigenvalue weighted by atomic mass is 35.5. The van der Waals surface area contributed by atoms with Crippen LogP contribution in [-0.4, -0.2) is 4.98 Å². The Balaban J connectivity index is 0.00000132. The van der Waals surface area contributed by atoms with Crippen molar-refractivity contribution in [3.05, 3.63) is 59.4 Å². The predicted octanol–water partition coefficient (Wildman–Crippen LogP) is 5.38. The van der Waals surface area contributed by atoms with E-state index in [4.69, 9.17) is 4.98 Å². The van der Waals surface area contributed by atoms with Gasteiger partial charge in [0.25, 0.3) is 0 Å². The SMILES string of the molecule is Cc1c2c(nc3ccccc13)-c1cccc(F)c1SC2.Cl. The molecule has 0 saturated carbocycles. The number of aryl methyl sites for hydroxylation is 1. The molecule has 0 bridgehead atoms. The molecule has 0 radical (unpaired) electrons. The normalized spacial score (nSPS) is 12.5. The lowest BCUT2D eigenvalue weighted by Gasteiger charge is -2.21. The Labute approximate surface area is 133 Å². The second kappa shape index (κ2) is 5.32. The molecule has 1 aliphatic rings. The van der Waals surface area contributed by atoms with Gasteiger partial charge in [-0.2, -0.15) is 0 Å². The number of thioether (sulfide) groups is 1. The molecule has 4 heteroatoms. The number of para-hydroxylation sites is 1. The highest BCUT2D eigenvalue weighted by Crippen LogP contribution is 2.44. The summed E-state index contributed by atoms with van der Waals surface area (Å²) in [5, 5.41) is 1.19. The zero-order valence-electron chi connectivity index (χ0n) is 11.4. The van der Waals surface area contributed by atoms with Crippen LogP contribution in [0.4, 0.5) is 4.39 Å². The van der Waals surface area contributed by atoms with Crippen LogP contribution in [0.15, 0.2) is 47.4 Å². The molecule has 2 heterocycles. The summed E-state index contributed by atoms with van der Waals surface area (Å²) < 4.78 is 13.9. The Kier molecular flexibility index (Phi) is 3.64.